The molecule has 2 atom stereocenters. The van der Waals surface area contributed by atoms with E-state index in [4.69, 9.17) is 0 Å². The van der Waals surface area contributed by atoms with E-state index in [9.17, 15) is 9.90 Å². The van der Waals surface area contributed by atoms with Gasteiger partial charge in [-0.05, 0) is 38.7 Å². The summed E-state index contributed by atoms with van der Waals surface area (Å²) in [5.74, 6) is -0.0423. The fraction of sp³-hybridized carbons (Fsp3) is 0.385. The second kappa shape index (κ2) is 5.38. The number of nitrogens with zero attached hydrogens (tertiary/aromatic N) is 1. The van der Waals surface area contributed by atoms with Crippen molar-refractivity contribution in [2.45, 2.75) is 19.0 Å². The Morgan fingerprint density at radius 3 is 2.68 bits per heavy atom. The first-order chi connectivity index (χ1) is 9.06. The number of aromatic nitrogens is 2. The van der Waals surface area contributed by atoms with E-state index in [0.29, 0.717) is 0 Å². The molecule has 0 aliphatic carbocycles. The summed E-state index contributed by atoms with van der Waals surface area (Å²) in [7, 11) is 3.39. The van der Waals surface area contributed by atoms with Crippen LogP contribution in [0.15, 0.2) is 18.2 Å². The Hall–Kier alpha value is -1.92. The van der Waals surface area contributed by atoms with Crippen molar-refractivity contribution in [1.82, 2.24) is 20.6 Å². The van der Waals surface area contributed by atoms with Crippen LogP contribution in [-0.4, -0.2) is 41.2 Å². The molecule has 6 heteroatoms. The van der Waals surface area contributed by atoms with E-state index in [1.165, 1.54) is 0 Å². The molecule has 0 amide bonds. The van der Waals surface area contributed by atoms with Crippen molar-refractivity contribution in [2.75, 3.05) is 14.1 Å². The molecule has 1 heterocycles. The first-order valence-corrected chi connectivity index (χ1v) is 6.10. The molecule has 0 radical (unpaired) electrons. The Bertz CT molecular complexity index is 593. The number of aryl methyl sites for hydroxylation is 1. The Morgan fingerprint density at radius 2 is 2.11 bits per heavy atom. The number of nitrogens with one attached hydrogen (secondary N) is 3. The van der Waals surface area contributed by atoms with Gasteiger partial charge in [0.05, 0.1) is 17.1 Å². The number of H-pyrrole nitrogens is 1. The molecule has 1 aromatic carbocycles. The molecule has 0 aliphatic rings. The summed E-state index contributed by atoms with van der Waals surface area (Å²) in [4.78, 5) is 18.7. The molecule has 6 nitrogen and oxygen atoms in total. The van der Waals surface area contributed by atoms with Crippen molar-refractivity contribution >= 4 is 17.0 Å². The zero-order valence-electron chi connectivity index (χ0n) is 11.2. The average molecular weight is 262 g/mol. The number of aliphatic carboxylic acids is 1. The third-order valence-corrected chi connectivity index (χ3v) is 3.20. The molecule has 2 rings (SSSR count). The third kappa shape index (κ3) is 2.59. The van der Waals surface area contributed by atoms with Crippen molar-refractivity contribution in [1.29, 1.82) is 0 Å². The van der Waals surface area contributed by atoms with Crippen LogP contribution in [0.1, 0.15) is 17.4 Å². The van der Waals surface area contributed by atoms with Gasteiger partial charge in [-0.15, -0.1) is 0 Å². The molecule has 19 heavy (non-hydrogen) atoms. The lowest BCUT2D eigenvalue weighted by atomic mass is 9.99. The van der Waals surface area contributed by atoms with E-state index in [1.54, 1.807) is 14.1 Å². The maximum Gasteiger partial charge on any atom is 0.322 e. The number of carbonyl (C=O) groups is 1. The van der Waals surface area contributed by atoms with Gasteiger partial charge in [0.1, 0.15) is 11.9 Å². The third-order valence-electron chi connectivity index (χ3n) is 3.20. The smallest absolute Gasteiger partial charge is 0.322 e. The van der Waals surface area contributed by atoms with Gasteiger partial charge in [0, 0.05) is 0 Å². The fourth-order valence-electron chi connectivity index (χ4n) is 2.31. The molecule has 0 bridgehead atoms. The van der Waals surface area contributed by atoms with Gasteiger partial charge in [-0.2, -0.15) is 0 Å². The first kappa shape index (κ1) is 13.5. The van der Waals surface area contributed by atoms with Crippen LogP contribution in [0.3, 0.4) is 0 Å². The predicted octanol–water partition coefficient (Wildman–Crippen LogP) is 0.804. The highest BCUT2D eigenvalue weighted by Crippen LogP contribution is 2.21. The van der Waals surface area contributed by atoms with Crippen molar-refractivity contribution < 1.29 is 9.90 Å². The summed E-state index contributed by atoms with van der Waals surface area (Å²) in [5, 5.41) is 15.1. The van der Waals surface area contributed by atoms with E-state index in [2.05, 4.69) is 20.6 Å². The van der Waals surface area contributed by atoms with Crippen molar-refractivity contribution in [3.05, 3.63) is 29.6 Å². The second-order valence-electron chi connectivity index (χ2n) is 4.47. The Balaban J connectivity index is 2.42. The van der Waals surface area contributed by atoms with E-state index in [0.717, 1.165) is 22.4 Å². The largest absolute Gasteiger partial charge is 0.480 e. The van der Waals surface area contributed by atoms with Crippen LogP contribution in [0.4, 0.5) is 0 Å². The number of carboxylic acid groups (broad SMARTS) is 1. The molecule has 2 unspecified atom stereocenters. The Labute approximate surface area is 111 Å². The molecule has 0 fully saturated rings. The molecule has 0 saturated heterocycles. The second-order valence-corrected chi connectivity index (χ2v) is 4.47. The number of imidazole rings is 1. The van der Waals surface area contributed by atoms with Gasteiger partial charge in [-0.1, -0.05) is 6.07 Å². The highest BCUT2D eigenvalue weighted by Gasteiger charge is 2.26. The lowest BCUT2D eigenvalue weighted by Crippen LogP contribution is -2.44. The van der Waals surface area contributed by atoms with Crippen LogP contribution in [0.5, 0.6) is 0 Å². The van der Waals surface area contributed by atoms with Crippen LogP contribution >= 0.6 is 0 Å². The summed E-state index contributed by atoms with van der Waals surface area (Å²) >= 11 is 0. The lowest BCUT2D eigenvalue weighted by molar-refractivity contribution is -0.140. The summed E-state index contributed by atoms with van der Waals surface area (Å²) in [5.41, 5.74) is 2.70. The maximum absolute atomic E-state index is 11.2. The zero-order valence-corrected chi connectivity index (χ0v) is 11.2. The van der Waals surface area contributed by atoms with Crippen LogP contribution in [0.2, 0.25) is 0 Å². The minimum Gasteiger partial charge on any atom is -0.480 e. The first-order valence-electron chi connectivity index (χ1n) is 6.10. The van der Waals surface area contributed by atoms with Gasteiger partial charge in [0.15, 0.2) is 0 Å². The summed E-state index contributed by atoms with van der Waals surface area (Å²) < 4.78 is 0. The molecule has 1 aromatic heterocycles. The van der Waals surface area contributed by atoms with Crippen LogP contribution in [0.25, 0.3) is 11.0 Å². The summed E-state index contributed by atoms with van der Waals surface area (Å²) in [6.07, 6.45) is 0. The molecule has 0 aliphatic heterocycles. The number of benzene rings is 1. The molecule has 0 saturated carbocycles. The molecule has 102 valence electrons. The SMILES string of the molecule is CNC(C(=O)O)C(NC)c1ccc2nc(C)[nH]c2c1. The normalized spacial score (nSPS) is 14.5. The van der Waals surface area contributed by atoms with E-state index < -0.39 is 12.0 Å². The predicted molar refractivity (Wildman–Crippen MR) is 73.1 cm³/mol. The highest BCUT2D eigenvalue weighted by molar-refractivity contribution is 5.78. The minimum atomic E-state index is -0.886. The maximum atomic E-state index is 11.2. The van der Waals surface area contributed by atoms with E-state index in [1.807, 2.05) is 25.1 Å². The number of rotatable bonds is 5. The lowest BCUT2D eigenvalue weighted by Gasteiger charge is -2.23. The molecular weight excluding hydrogens is 244 g/mol. The van der Waals surface area contributed by atoms with Crippen molar-refractivity contribution in [2.24, 2.45) is 0 Å². The fourth-order valence-corrected chi connectivity index (χ4v) is 2.31. The number of hydrogen-bond donors (Lipinski definition) is 4. The molecule has 2 aromatic rings. The minimum absolute atomic E-state index is 0.310. The molecule has 4 N–H and O–H groups in total. The number of likely N-dealkylation sites (N-methyl/N-ethyl adjacent to an activating group) is 2. The quantitative estimate of drug-likeness (QED) is 0.640. The average Bonchev–Trinajstić information content (AvgIpc) is 2.74. The van der Waals surface area contributed by atoms with Gasteiger partial charge in [0.25, 0.3) is 0 Å². The van der Waals surface area contributed by atoms with Gasteiger partial charge in [0.2, 0.25) is 0 Å². The summed E-state index contributed by atoms with van der Waals surface area (Å²) in [6, 6.07) is 4.73. The van der Waals surface area contributed by atoms with Gasteiger partial charge < -0.3 is 20.7 Å². The molecular formula is C13H18N4O2. The van der Waals surface area contributed by atoms with Crippen LogP contribution < -0.4 is 10.6 Å². The highest BCUT2D eigenvalue weighted by atomic mass is 16.4. The number of carboxylic acids is 1. The monoisotopic (exact) mass is 262 g/mol. The van der Waals surface area contributed by atoms with E-state index >= 15 is 0 Å². The van der Waals surface area contributed by atoms with Crippen molar-refractivity contribution in [3.8, 4) is 0 Å². The molecule has 0 spiro atoms. The Morgan fingerprint density at radius 1 is 1.37 bits per heavy atom. The number of aromatic amines is 1. The van der Waals surface area contributed by atoms with Crippen LogP contribution in [0, 0.1) is 6.92 Å². The van der Waals surface area contributed by atoms with E-state index in [-0.39, 0.29) is 6.04 Å². The van der Waals surface area contributed by atoms with Gasteiger partial charge in [-0.25, -0.2) is 4.98 Å². The topological polar surface area (TPSA) is 90.0 Å². The number of hydrogen-bond acceptors (Lipinski definition) is 4. The zero-order chi connectivity index (χ0) is 14.0. The number of fused-ring (bicyclic) bond motifs is 1. The van der Waals surface area contributed by atoms with Gasteiger partial charge in [-0.3, -0.25) is 4.79 Å². The van der Waals surface area contributed by atoms with Gasteiger partial charge >= 0.3 is 5.97 Å². The Kier molecular flexibility index (Phi) is 3.82. The van der Waals surface area contributed by atoms with Crippen LogP contribution in [-0.2, 0) is 4.79 Å². The summed E-state index contributed by atoms with van der Waals surface area (Å²) in [6.45, 7) is 1.89. The standard InChI is InChI=1S/C13H18N4O2/c1-7-16-9-5-4-8(6-10(9)17-7)11(14-2)12(15-3)13(18)19/h4-6,11-12,14-15H,1-3H3,(H,16,17)(H,18,19). The van der Waals surface area contributed by atoms with Crippen molar-refractivity contribution in [3.63, 3.8) is 0 Å².